The Morgan fingerprint density at radius 1 is 1.24 bits per heavy atom. The molecule has 0 aliphatic rings. The molecule has 17 heavy (non-hydrogen) atoms. The number of carbonyl (C=O) groups is 2. The first kappa shape index (κ1) is 15.7. The van der Waals surface area contributed by atoms with Gasteiger partial charge in [-0.1, -0.05) is 13.8 Å². The van der Waals surface area contributed by atoms with E-state index >= 15 is 0 Å². The summed E-state index contributed by atoms with van der Waals surface area (Å²) in [5.74, 6) is -0.182. The zero-order chi connectivity index (χ0) is 13.6. The summed E-state index contributed by atoms with van der Waals surface area (Å²) < 4.78 is 9.72. The van der Waals surface area contributed by atoms with Gasteiger partial charge in [0.15, 0.2) is 0 Å². The number of esters is 1. The van der Waals surface area contributed by atoms with E-state index in [1.807, 2.05) is 13.8 Å². The number of rotatable bonds is 4. The van der Waals surface area contributed by atoms with Crippen LogP contribution in [-0.2, 0) is 14.3 Å². The summed E-state index contributed by atoms with van der Waals surface area (Å²) >= 11 is 0. The van der Waals surface area contributed by atoms with Crippen LogP contribution in [0.4, 0.5) is 4.79 Å². The van der Waals surface area contributed by atoms with Gasteiger partial charge in [-0.25, -0.2) is 9.59 Å². The molecule has 1 unspecified atom stereocenters. The highest BCUT2D eigenvalue weighted by atomic mass is 16.6. The van der Waals surface area contributed by atoms with Crippen LogP contribution in [0.3, 0.4) is 0 Å². The van der Waals surface area contributed by atoms with Crippen LogP contribution < -0.4 is 5.32 Å². The third-order valence-corrected chi connectivity index (χ3v) is 1.88. The van der Waals surface area contributed by atoms with Gasteiger partial charge in [-0.05, 0) is 33.1 Å². The predicted octanol–water partition coefficient (Wildman–Crippen LogP) is 2.10. The van der Waals surface area contributed by atoms with Crippen LogP contribution in [0, 0.1) is 5.92 Å². The first-order valence-electron chi connectivity index (χ1n) is 5.73. The zero-order valence-electron chi connectivity index (χ0n) is 11.5. The molecule has 1 amide bonds. The SMILES string of the molecule is COC(=O)C(CC(C)C)NC(=O)OC(C)(C)C. The van der Waals surface area contributed by atoms with Crippen LogP contribution in [0.25, 0.3) is 0 Å². The van der Waals surface area contributed by atoms with Gasteiger partial charge in [0.05, 0.1) is 7.11 Å². The van der Waals surface area contributed by atoms with Crippen molar-refractivity contribution in [3.63, 3.8) is 0 Å². The summed E-state index contributed by atoms with van der Waals surface area (Å²) in [5.41, 5.74) is -0.581. The van der Waals surface area contributed by atoms with E-state index < -0.39 is 23.7 Å². The highest BCUT2D eigenvalue weighted by molar-refractivity contribution is 5.81. The van der Waals surface area contributed by atoms with Gasteiger partial charge in [-0.15, -0.1) is 0 Å². The van der Waals surface area contributed by atoms with Crippen molar-refractivity contribution < 1.29 is 19.1 Å². The number of alkyl carbamates (subject to hydrolysis) is 1. The number of ether oxygens (including phenoxy) is 2. The minimum absolute atomic E-state index is 0.272. The Morgan fingerprint density at radius 3 is 2.12 bits per heavy atom. The predicted molar refractivity (Wildman–Crippen MR) is 64.6 cm³/mol. The van der Waals surface area contributed by atoms with Gasteiger partial charge in [0, 0.05) is 0 Å². The van der Waals surface area contributed by atoms with E-state index in [1.165, 1.54) is 7.11 Å². The Kier molecular flexibility index (Phi) is 5.99. The summed E-state index contributed by atoms with van der Waals surface area (Å²) in [6.07, 6.45) is -0.0834. The molecule has 0 aromatic carbocycles. The maximum absolute atomic E-state index is 11.5. The number of hydrogen-bond acceptors (Lipinski definition) is 4. The molecule has 0 aromatic heterocycles. The van der Waals surface area contributed by atoms with Gasteiger partial charge in [0.1, 0.15) is 11.6 Å². The zero-order valence-corrected chi connectivity index (χ0v) is 11.5. The van der Waals surface area contributed by atoms with Crippen LogP contribution in [0.2, 0.25) is 0 Å². The minimum atomic E-state index is -0.658. The smallest absolute Gasteiger partial charge is 0.408 e. The summed E-state index contributed by atoms with van der Waals surface area (Å²) in [6.45, 7) is 9.23. The van der Waals surface area contributed by atoms with Crippen LogP contribution in [0.1, 0.15) is 41.0 Å². The van der Waals surface area contributed by atoms with E-state index in [2.05, 4.69) is 10.1 Å². The molecule has 5 heteroatoms. The van der Waals surface area contributed by atoms with Gasteiger partial charge in [-0.3, -0.25) is 0 Å². The number of hydrogen-bond donors (Lipinski definition) is 1. The molecule has 0 aliphatic heterocycles. The van der Waals surface area contributed by atoms with Gasteiger partial charge in [0.25, 0.3) is 0 Å². The Labute approximate surface area is 103 Å². The van der Waals surface area contributed by atoms with Crippen molar-refractivity contribution >= 4 is 12.1 Å². The van der Waals surface area contributed by atoms with Crippen molar-refractivity contribution in [3.05, 3.63) is 0 Å². The molecule has 0 aliphatic carbocycles. The Bertz CT molecular complexity index is 268. The highest BCUT2D eigenvalue weighted by Crippen LogP contribution is 2.10. The maximum atomic E-state index is 11.5. The normalized spacial score (nSPS) is 13.1. The molecule has 0 fully saturated rings. The largest absolute Gasteiger partial charge is 0.467 e. The lowest BCUT2D eigenvalue weighted by molar-refractivity contribution is -0.143. The molecular weight excluding hydrogens is 222 g/mol. The standard InChI is InChI=1S/C12H23NO4/c1-8(2)7-9(10(14)16-6)13-11(15)17-12(3,4)5/h8-9H,7H2,1-6H3,(H,13,15). The van der Waals surface area contributed by atoms with Crippen LogP contribution in [-0.4, -0.2) is 30.8 Å². The molecular formula is C12H23NO4. The first-order valence-corrected chi connectivity index (χ1v) is 5.73. The molecule has 0 spiro atoms. The van der Waals surface area contributed by atoms with E-state index in [0.717, 1.165) is 0 Å². The van der Waals surface area contributed by atoms with Crippen LogP contribution in [0.15, 0.2) is 0 Å². The van der Waals surface area contributed by atoms with Crippen molar-refractivity contribution in [1.29, 1.82) is 0 Å². The van der Waals surface area contributed by atoms with Crippen molar-refractivity contribution in [3.8, 4) is 0 Å². The Balaban J connectivity index is 4.43. The number of methoxy groups -OCH3 is 1. The van der Waals surface area contributed by atoms with Crippen molar-refractivity contribution in [1.82, 2.24) is 5.32 Å². The van der Waals surface area contributed by atoms with E-state index in [1.54, 1.807) is 20.8 Å². The summed E-state index contributed by atoms with van der Waals surface area (Å²) in [5, 5.41) is 2.52. The maximum Gasteiger partial charge on any atom is 0.408 e. The molecule has 0 saturated carbocycles. The summed E-state index contributed by atoms with van der Waals surface area (Å²) in [7, 11) is 1.30. The van der Waals surface area contributed by atoms with Crippen LogP contribution in [0.5, 0.6) is 0 Å². The lowest BCUT2D eigenvalue weighted by atomic mass is 10.0. The minimum Gasteiger partial charge on any atom is -0.467 e. The van der Waals surface area contributed by atoms with Gasteiger partial charge in [0.2, 0.25) is 0 Å². The topological polar surface area (TPSA) is 64.6 Å². The van der Waals surface area contributed by atoms with Gasteiger partial charge < -0.3 is 14.8 Å². The number of amides is 1. The third-order valence-electron chi connectivity index (χ3n) is 1.88. The van der Waals surface area contributed by atoms with Crippen molar-refractivity contribution in [2.75, 3.05) is 7.11 Å². The molecule has 5 nitrogen and oxygen atoms in total. The number of carbonyl (C=O) groups excluding carboxylic acids is 2. The fourth-order valence-electron chi connectivity index (χ4n) is 1.28. The van der Waals surface area contributed by atoms with Crippen LogP contribution >= 0.6 is 0 Å². The van der Waals surface area contributed by atoms with Crippen molar-refractivity contribution in [2.45, 2.75) is 52.7 Å². The van der Waals surface area contributed by atoms with E-state index in [4.69, 9.17) is 4.74 Å². The van der Waals surface area contributed by atoms with Gasteiger partial charge >= 0.3 is 12.1 Å². The van der Waals surface area contributed by atoms with Gasteiger partial charge in [-0.2, -0.15) is 0 Å². The highest BCUT2D eigenvalue weighted by Gasteiger charge is 2.25. The fraction of sp³-hybridized carbons (Fsp3) is 0.833. The summed E-state index contributed by atoms with van der Waals surface area (Å²) in [4.78, 5) is 23.0. The lowest BCUT2D eigenvalue weighted by Crippen LogP contribution is -2.44. The quantitative estimate of drug-likeness (QED) is 0.770. The van der Waals surface area contributed by atoms with E-state index in [9.17, 15) is 9.59 Å². The average Bonchev–Trinajstić information content (AvgIpc) is 2.11. The Morgan fingerprint density at radius 2 is 1.76 bits per heavy atom. The molecule has 0 rings (SSSR count). The molecule has 0 aromatic rings. The van der Waals surface area contributed by atoms with E-state index in [-0.39, 0.29) is 5.92 Å². The molecule has 100 valence electrons. The fourth-order valence-corrected chi connectivity index (χ4v) is 1.28. The third kappa shape index (κ3) is 7.60. The Hall–Kier alpha value is -1.26. The average molecular weight is 245 g/mol. The second-order valence-electron chi connectivity index (χ2n) is 5.35. The van der Waals surface area contributed by atoms with Crippen molar-refractivity contribution in [2.24, 2.45) is 5.92 Å². The van der Waals surface area contributed by atoms with E-state index in [0.29, 0.717) is 6.42 Å². The molecule has 1 atom stereocenters. The second-order valence-corrected chi connectivity index (χ2v) is 5.35. The second kappa shape index (κ2) is 6.47. The monoisotopic (exact) mass is 245 g/mol. The molecule has 0 bridgehead atoms. The molecule has 0 radical (unpaired) electrons. The molecule has 0 saturated heterocycles. The molecule has 0 heterocycles. The summed E-state index contributed by atoms with van der Waals surface area (Å²) in [6, 6.07) is -0.658. The first-order chi connectivity index (χ1) is 7.65. The number of nitrogens with one attached hydrogen (secondary N) is 1. The molecule has 1 N–H and O–H groups in total. The lowest BCUT2D eigenvalue weighted by Gasteiger charge is -2.23.